The minimum Gasteiger partial charge on any atom is -0.395 e. The number of nitrogens with two attached hydrogens (primary N) is 1. The van der Waals surface area contributed by atoms with Gasteiger partial charge in [0, 0.05) is 23.8 Å². The molecule has 1 aliphatic rings. The number of hydrogen-bond donors (Lipinski definition) is 2. The first-order valence-electron chi connectivity index (χ1n) is 6.78. The van der Waals surface area contributed by atoms with Gasteiger partial charge in [0.2, 0.25) is 0 Å². The molecular weight excluding hydrogens is 258 g/mol. The van der Waals surface area contributed by atoms with Crippen LogP contribution >= 0.6 is 12.2 Å². The highest BCUT2D eigenvalue weighted by Crippen LogP contribution is 2.27. The van der Waals surface area contributed by atoms with E-state index in [1.165, 1.54) is 12.8 Å². The Kier molecular flexibility index (Phi) is 4.71. The summed E-state index contributed by atoms with van der Waals surface area (Å²) >= 11 is 5.05. The van der Waals surface area contributed by atoms with Crippen LogP contribution in [0.1, 0.15) is 36.9 Å². The molecule has 1 heterocycles. The van der Waals surface area contributed by atoms with Gasteiger partial charge in [-0.2, -0.15) is 0 Å². The van der Waals surface area contributed by atoms with Crippen LogP contribution in [-0.2, 0) is 0 Å². The summed E-state index contributed by atoms with van der Waals surface area (Å²) in [6.45, 7) is 2.68. The minimum atomic E-state index is 0.133. The third-order valence-corrected chi connectivity index (χ3v) is 3.86. The molecule has 1 aromatic rings. The van der Waals surface area contributed by atoms with Crippen molar-refractivity contribution in [3.05, 3.63) is 23.4 Å². The van der Waals surface area contributed by atoms with E-state index in [2.05, 4.69) is 9.88 Å². The molecule has 1 fully saturated rings. The van der Waals surface area contributed by atoms with E-state index in [9.17, 15) is 5.11 Å². The zero-order valence-electron chi connectivity index (χ0n) is 11.3. The van der Waals surface area contributed by atoms with E-state index in [4.69, 9.17) is 18.0 Å². The highest BCUT2D eigenvalue weighted by atomic mass is 32.1. The number of aryl methyl sites for hydroxylation is 1. The highest BCUT2D eigenvalue weighted by Gasteiger charge is 2.23. The van der Waals surface area contributed by atoms with Crippen LogP contribution in [-0.4, -0.2) is 34.3 Å². The summed E-state index contributed by atoms with van der Waals surface area (Å²) in [4.78, 5) is 7.17. The van der Waals surface area contributed by atoms with Gasteiger partial charge in [0.15, 0.2) is 0 Å². The Balaban J connectivity index is 2.32. The smallest absolute Gasteiger partial charge is 0.129 e. The number of aliphatic hydroxyl groups is 1. The first kappa shape index (κ1) is 14.2. The lowest BCUT2D eigenvalue weighted by Crippen LogP contribution is -2.36. The lowest BCUT2D eigenvalue weighted by Gasteiger charge is -2.30. The summed E-state index contributed by atoms with van der Waals surface area (Å²) in [7, 11) is 0. The largest absolute Gasteiger partial charge is 0.395 e. The van der Waals surface area contributed by atoms with E-state index in [1.54, 1.807) is 0 Å². The quantitative estimate of drug-likeness (QED) is 0.804. The fourth-order valence-corrected chi connectivity index (χ4v) is 2.87. The summed E-state index contributed by atoms with van der Waals surface area (Å²) in [5, 5.41) is 9.29. The normalized spacial score (nSPS) is 15.7. The first-order valence-corrected chi connectivity index (χ1v) is 7.18. The fourth-order valence-electron chi connectivity index (χ4n) is 2.75. The maximum atomic E-state index is 9.29. The number of pyridine rings is 1. The molecule has 0 spiro atoms. The van der Waals surface area contributed by atoms with Crippen LogP contribution < -0.4 is 10.6 Å². The number of rotatable bonds is 5. The van der Waals surface area contributed by atoms with Gasteiger partial charge in [0.05, 0.1) is 6.61 Å². The third kappa shape index (κ3) is 3.42. The lowest BCUT2D eigenvalue weighted by atomic mass is 10.1. The van der Waals surface area contributed by atoms with E-state index >= 15 is 0 Å². The Morgan fingerprint density at radius 1 is 1.47 bits per heavy atom. The van der Waals surface area contributed by atoms with Crippen LogP contribution in [0, 0.1) is 6.92 Å². The number of hydrogen-bond acceptors (Lipinski definition) is 4. The number of aromatic nitrogens is 1. The van der Waals surface area contributed by atoms with Gasteiger partial charge in [-0.15, -0.1) is 0 Å². The van der Waals surface area contributed by atoms with Crippen molar-refractivity contribution in [3.8, 4) is 0 Å². The van der Waals surface area contributed by atoms with Crippen molar-refractivity contribution >= 4 is 23.0 Å². The second-order valence-electron chi connectivity index (χ2n) is 5.07. The van der Waals surface area contributed by atoms with E-state index in [1.807, 2.05) is 19.1 Å². The molecule has 0 atom stereocenters. The summed E-state index contributed by atoms with van der Waals surface area (Å²) in [5.41, 5.74) is 7.46. The summed E-state index contributed by atoms with van der Waals surface area (Å²) in [6.07, 6.45) is 4.83. The van der Waals surface area contributed by atoms with Crippen molar-refractivity contribution in [1.82, 2.24) is 4.98 Å². The molecule has 1 aromatic heterocycles. The van der Waals surface area contributed by atoms with Crippen LogP contribution in [0.3, 0.4) is 0 Å². The molecule has 4 nitrogen and oxygen atoms in total. The van der Waals surface area contributed by atoms with Gasteiger partial charge in [-0.25, -0.2) is 4.98 Å². The topological polar surface area (TPSA) is 62.4 Å². The highest BCUT2D eigenvalue weighted by molar-refractivity contribution is 7.80. The lowest BCUT2D eigenvalue weighted by molar-refractivity contribution is 0.297. The molecule has 0 saturated heterocycles. The van der Waals surface area contributed by atoms with Crippen LogP contribution in [0.2, 0.25) is 0 Å². The standard InChI is InChI=1S/C14H21N3OS/c1-10-8-11(14(15)19)9-13(16-10)17(6-7-18)12-4-2-3-5-12/h8-9,12,18H,2-7H2,1H3,(H2,15,19). The van der Waals surface area contributed by atoms with Crippen LogP contribution in [0.4, 0.5) is 5.82 Å². The molecule has 1 saturated carbocycles. The van der Waals surface area contributed by atoms with E-state index in [-0.39, 0.29) is 6.61 Å². The predicted octanol–water partition coefficient (Wildman–Crippen LogP) is 1.77. The van der Waals surface area contributed by atoms with Crippen LogP contribution in [0.5, 0.6) is 0 Å². The van der Waals surface area contributed by atoms with E-state index < -0.39 is 0 Å². The second kappa shape index (κ2) is 6.30. The first-order chi connectivity index (χ1) is 9.11. The SMILES string of the molecule is Cc1cc(C(N)=S)cc(N(CCO)C2CCCC2)n1. The van der Waals surface area contributed by atoms with E-state index in [0.29, 0.717) is 17.6 Å². The fraction of sp³-hybridized carbons (Fsp3) is 0.571. The monoisotopic (exact) mass is 279 g/mol. The van der Waals surface area contributed by atoms with Crippen molar-refractivity contribution in [2.24, 2.45) is 5.73 Å². The molecular formula is C14H21N3OS. The van der Waals surface area contributed by atoms with Crippen molar-refractivity contribution < 1.29 is 5.11 Å². The molecule has 3 N–H and O–H groups in total. The summed E-state index contributed by atoms with van der Waals surface area (Å²) < 4.78 is 0. The van der Waals surface area contributed by atoms with Gasteiger partial charge in [-0.1, -0.05) is 25.1 Å². The maximum Gasteiger partial charge on any atom is 0.129 e. The molecule has 5 heteroatoms. The molecule has 0 amide bonds. The zero-order valence-corrected chi connectivity index (χ0v) is 12.1. The Hall–Kier alpha value is -1.20. The van der Waals surface area contributed by atoms with Crippen molar-refractivity contribution in [2.45, 2.75) is 38.6 Å². The van der Waals surface area contributed by atoms with Gasteiger partial charge in [0.25, 0.3) is 0 Å². The Morgan fingerprint density at radius 3 is 2.74 bits per heavy atom. The average molecular weight is 279 g/mol. The molecule has 0 radical (unpaired) electrons. The number of thiocarbonyl (C=S) groups is 1. The van der Waals surface area contributed by atoms with Gasteiger partial charge in [0.1, 0.15) is 10.8 Å². The molecule has 0 aromatic carbocycles. The molecule has 0 unspecified atom stereocenters. The molecule has 0 bridgehead atoms. The summed E-state index contributed by atoms with van der Waals surface area (Å²) in [6, 6.07) is 4.31. The van der Waals surface area contributed by atoms with E-state index in [0.717, 1.165) is 29.9 Å². The average Bonchev–Trinajstić information content (AvgIpc) is 2.88. The van der Waals surface area contributed by atoms with Gasteiger partial charge in [-0.3, -0.25) is 0 Å². The van der Waals surface area contributed by atoms with Crippen molar-refractivity contribution in [2.75, 3.05) is 18.1 Å². The zero-order chi connectivity index (χ0) is 13.8. The van der Waals surface area contributed by atoms with Crippen molar-refractivity contribution in [1.29, 1.82) is 0 Å². The third-order valence-electron chi connectivity index (χ3n) is 3.63. The van der Waals surface area contributed by atoms with Gasteiger partial charge >= 0.3 is 0 Å². The van der Waals surface area contributed by atoms with Crippen LogP contribution in [0.25, 0.3) is 0 Å². The molecule has 1 aliphatic carbocycles. The van der Waals surface area contributed by atoms with Crippen LogP contribution in [0.15, 0.2) is 12.1 Å². The molecule has 0 aliphatic heterocycles. The maximum absolute atomic E-state index is 9.29. The van der Waals surface area contributed by atoms with Gasteiger partial charge < -0.3 is 15.7 Å². The Bertz CT molecular complexity index is 458. The second-order valence-corrected chi connectivity index (χ2v) is 5.51. The molecule has 19 heavy (non-hydrogen) atoms. The number of anilines is 1. The molecule has 2 rings (SSSR count). The molecule has 104 valence electrons. The number of aliphatic hydroxyl groups excluding tert-OH is 1. The minimum absolute atomic E-state index is 0.133. The summed E-state index contributed by atoms with van der Waals surface area (Å²) in [5.74, 6) is 0.878. The Morgan fingerprint density at radius 2 is 2.16 bits per heavy atom. The predicted molar refractivity (Wildman–Crippen MR) is 81.5 cm³/mol. The van der Waals surface area contributed by atoms with Crippen molar-refractivity contribution in [3.63, 3.8) is 0 Å². The number of nitrogens with zero attached hydrogens (tertiary/aromatic N) is 2. The van der Waals surface area contributed by atoms with Gasteiger partial charge in [-0.05, 0) is 31.9 Å². The Labute approximate surface area is 119 Å².